The lowest BCUT2D eigenvalue weighted by Crippen LogP contribution is -2.22. The van der Waals surface area contributed by atoms with Crippen molar-refractivity contribution in [3.05, 3.63) is 82.4 Å². The third kappa shape index (κ3) is 8.84. The fourth-order valence-electron chi connectivity index (χ4n) is 3.14. The van der Waals surface area contributed by atoms with Crippen LogP contribution in [0, 0.1) is 6.92 Å². The second-order valence-electron chi connectivity index (χ2n) is 8.04. The Morgan fingerprint density at radius 3 is 2.68 bits per heavy atom. The second kappa shape index (κ2) is 13.5. The van der Waals surface area contributed by atoms with E-state index in [0.29, 0.717) is 12.1 Å². The van der Waals surface area contributed by atoms with Crippen molar-refractivity contribution in [2.24, 2.45) is 0 Å². The number of hydrogen-bond donors (Lipinski definition) is 1. The largest absolute Gasteiger partial charge is 0.494 e. The number of allylic oxidation sites excluding steroid dienone is 3. The topological polar surface area (TPSA) is 38.3 Å². The molecule has 0 aromatic heterocycles. The van der Waals surface area contributed by atoms with Crippen LogP contribution in [0.25, 0.3) is 6.08 Å². The normalized spacial score (nSPS) is 11.7. The average Bonchev–Trinajstić information content (AvgIpc) is 2.78. The van der Waals surface area contributed by atoms with Crippen LogP contribution in [0.5, 0.6) is 5.75 Å². The zero-order valence-electron chi connectivity index (χ0n) is 19.5. The Morgan fingerprint density at radius 1 is 1.06 bits per heavy atom. The zero-order chi connectivity index (χ0) is 22.5. The summed E-state index contributed by atoms with van der Waals surface area (Å²) in [4.78, 5) is 12.7. The lowest BCUT2D eigenvalue weighted by atomic mass is 10.0. The van der Waals surface area contributed by atoms with Gasteiger partial charge in [0, 0.05) is 12.1 Å². The molecule has 1 amide bonds. The molecule has 0 heterocycles. The number of aryl methyl sites for hydroxylation is 1. The Labute approximate surface area is 188 Å². The van der Waals surface area contributed by atoms with Gasteiger partial charge in [0.15, 0.2) is 0 Å². The van der Waals surface area contributed by atoms with Crippen molar-refractivity contribution in [3.8, 4) is 5.75 Å². The van der Waals surface area contributed by atoms with Crippen LogP contribution in [-0.2, 0) is 6.54 Å². The molecule has 0 saturated heterocycles. The molecule has 2 aromatic carbocycles. The maximum Gasteiger partial charge on any atom is 0.251 e. The SMILES string of the molecule is CCCCCCOc1cccc(CNC(=O)c2ccc(C)c(/C=C\C=C(/C)CC)c2)c1. The van der Waals surface area contributed by atoms with E-state index in [-0.39, 0.29) is 5.91 Å². The predicted molar refractivity (Wildman–Crippen MR) is 132 cm³/mol. The Kier molecular flexibility index (Phi) is 10.6. The van der Waals surface area contributed by atoms with Gasteiger partial charge in [-0.15, -0.1) is 0 Å². The van der Waals surface area contributed by atoms with E-state index in [1.165, 1.54) is 24.8 Å². The molecular weight excluding hydrogens is 382 g/mol. The minimum absolute atomic E-state index is 0.0687. The van der Waals surface area contributed by atoms with E-state index in [9.17, 15) is 4.79 Å². The number of hydrogen-bond acceptors (Lipinski definition) is 2. The van der Waals surface area contributed by atoms with Crippen LogP contribution in [0.3, 0.4) is 0 Å². The third-order valence-electron chi connectivity index (χ3n) is 5.37. The summed E-state index contributed by atoms with van der Waals surface area (Å²) >= 11 is 0. The first-order valence-electron chi connectivity index (χ1n) is 11.5. The average molecular weight is 420 g/mol. The van der Waals surface area contributed by atoms with Crippen LogP contribution >= 0.6 is 0 Å². The molecule has 0 spiro atoms. The van der Waals surface area contributed by atoms with E-state index in [1.54, 1.807) is 0 Å². The highest BCUT2D eigenvalue weighted by atomic mass is 16.5. The monoisotopic (exact) mass is 419 g/mol. The van der Waals surface area contributed by atoms with E-state index < -0.39 is 0 Å². The summed E-state index contributed by atoms with van der Waals surface area (Å²) in [5.41, 5.74) is 5.25. The van der Waals surface area contributed by atoms with Crippen molar-refractivity contribution in [2.45, 2.75) is 66.3 Å². The van der Waals surface area contributed by atoms with E-state index in [1.807, 2.05) is 42.5 Å². The quantitative estimate of drug-likeness (QED) is 0.290. The molecule has 1 N–H and O–H groups in total. The van der Waals surface area contributed by atoms with Crippen molar-refractivity contribution in [1.82, 2.24) is 5.32 Å². The Balaban J connectivity index is 1.94. The fourth-order valence-corrected chi connectivity index (χ4v) is 3.14. The first kappa shape index (κ1) is 24.5. The van der Waals surface area contributed by atoms with Gasteiger partial charge < -0.3 is 10.1 Å². The number of ether oxygens (including phenoxy) is 1. The Hall–Kier alpha value is -2.81. The van der Waals surface area contributed by atoms with Gasteiger partial charge in [-0.05, 0) is 67.6 Å². The number of amides is 1. The van der Waals surface area contributed by atoms with Crippen LogP contribution < -0.4 is 10.1 Å². The minimum atomic E-state index is -0.0687. The van der Waals surface area contributed by atoms with Gasteiger partial charge in [0.05, 0.1) is 6.61 Å². The van der Waals surface area contributed by atoms with E-state index in [4.69, 9.17) is 4.74 Å². The van der Waals surface area contributed by atoms with Gasteiger partial charge in [-0.1, -0.05) is 75.1 Å². The number of benzene rings is 2. The molecule has 2 aromatic rings. The molecule has 0 unspecified atom stereocenters. The first-order valence-corrected chi connectivity index (χ1v) is 11.5. The highest BCUT2D eigenvalue weighted by Gasteiger charge is 2.07. The number of rotatable bonds is 12. The lowest BCUT2D eigenvalue weighted by molar-refractivity contribution is 0.0951. The first-order chi connectivity index (χ1) is 15.0. The molecule has 0 atom stereocenters. The summed E-state index contributed by atoms with van der Waals surface area (Å²) in [5, 5.41) is 3.03. The standard InChI is InChI=1S/C28H37NO2/c1-5-7-8-9-18-31-27-15-11-13-24(19-27)21-29-28(30)26-17-16-23(4)25(20-26)14-10-12-22(3)6-2/h10-17,19-20H,5-9,18,21H2,1-4H3,(H,29,30)/b14-10-,22-12+. The molecule has 166 valence electrons. The van der Waals surface area contributed by atoms with Crippen LogP contribution in [0.4, 0.5) is 0 Å². The number of carbonyl (C=O) groups excluding carboxylic acids is 1. The van der Waals surface area contributed by atoms with Crippen molar-refractivity contribution in [1.29, 1.82) is 0 Å². The molecule has 2 rings (SSSR count). The van der Waals surface area contributed by atoms with Crippen LogP contribution in [0.1, 0.15) is 79.9 Å². The minimum Gasteiger partial charge on any atom is -0.494 e. The molecule has 0 fully saturated rings. The molecule has 0 bridgehead atoms. The molecule has 0 aliphatic heterocycles. The fraction of sp³-hybridized carbons (Fsp3) is 0.393. The van der Waals surface area contributed by atoms with Crippen LogP contribution in [0.15, 0.2) is 60.2 Å². The van der Waals surface area contributed by atoms with Gasteiger partial charge in [-0.3, -0.25) is 4.79 Å². The van der Waals surface area contributed by atoms with Crippen molar-refractivity contribution >= 4 is 12.0 Å². The van der Waals surface area contributed by atoms with Gasteiger partial charge in [0.25, 0.3) is 5.91 Å². The van der Waals surface area contributed by atoms with Crippen LogP contribution in [-0.4, -0.2) is 12.5 Å². The van der Waals surface area contributed by atoms with Gasteiger partial charge in [-0.25, -0.2) is 0 Å². The third-order valence-corrected chi connectivity index (χ3v) is 5.37. The van der Waals surface area contributed by atoms with Crippen molar-refractivity contribution < 1.29 is 9.53 Å². The molecular formula is C28H37NO2. The summed E-state index contributed by atoms with van der Waals surface area (Å²) in [7, 11) is 0. The summed E-state index contributed by atoms with van der Waals surface area (Å²) in [6.45, 7) is 9.74. The number of unbranched alkanes of at least 4 members (excludes halogenated alkanes) is 3. The van der Waals surface area contributed by atoms with Gasteiger partial charge in [0.1, 0.15) is 5.75 Å². The van der Waals surface area contributed by atoms with E-state index >= 15 is 0 Å². The van der Waals surface area contributed by atoms with Crippen molar-refractivity contribution in [3.63, 3.8) is 0 Å². The Bertz CT molecular complexity index is 896. The second-order valence-corrected chi connectivity index (χ2v) is 8.04. The summed E-state index contributed by atoms with van der Waals surface area (Å²) < 4.78 is 5.85. The van der Waals surface area contributed by atoms with Gasteiger partial charge in [-0.2, -0.15) is 0 Å². The van der Waals surface area contributed by atoms with E-state index in [0.717, 1.165) is 41.9 Å². The van der Waals surface area contributed by atoms with E-state index in [2.05, 4.69) is 51.2 Å². The van der Waals surface area contributed by atoms with Crippen LogP contribution in [0.2, 0.25) is 0 Å². The molecule has 0 aliphatic rings. The number of carbonyl (C=O) groups is 1. The number of nitrogens with one attached hydrogen (secondary N) is 1. The molecule has 0 saturated carbocycles. The van der Waals surface area contributed by atoms with Gasteiger partial charge in [0.2, 0.25) is 0 Å². The summed E-state index contributed by atoms with van der Waals surface area (Å²) in [6, 6.07) is 13.8. The molecule has 3 nitrogen and oxygen atoms in total. The summed E-state index contributed by atoms with van der Waals surface area (Å²) in [5.74, 6) is 0.794. The molecule has 31 heavy (non-hydrogen) atoms. The molecule has 0 radical (unpaired) electrons. The smallest absolute Gasteiger partial charge is 0.251 e. The lowest BCUT2D eigenvalue weighted by Gasteiger charge is -2.10. The maximum atomic E-state index is 12.7. The highest BCUT2D eigenvalue weighted by Crippen LogP contribution is 2.16. The zero-order valence-corrected chi connectivity index (χ0v) is 19.5. The molecule has 0 aliphatic carbocycles. The summed E-state index contributed by atoms with van der Waals surface area (Å²) in [6.07, 6.45) is 12.0. The molecule has 3 heteroatoms. The highest BCUT2D eigenvalue weighted by molar-refractivity contribution is 5.94. The Morgan fingerprint density at radius 2 is 1.90 bits per heavy atom. The maximum absolute atomic E-state index is 12.7. The van der Waals surface area contributed by atoms with Crippen molar-refractivity contribution in [2.75, 3.05) is 6.61 Å². The predicted octanol–water partition coefficient (Wildman–Crippen LogP) is 7.25. The van der Waals surface area contributed by atoms with Gasteiger partial charge >= 0.3 is 0 Å².